The topological polar surface area (TPSA) is 168 Å². The number of nitrogens with zero attached hydrogens (tertiary/aromatic N) is 5. The van der Waals surface area contributed by atoms with E-state index in [9.17, 15) is 30.3 Å². The van der Waals surface area contributed by atoms with E-state index in [4.69, 9.17) is 4.42 Å². The standard InChI is InChI=1S/C14H7N5O7/c20-17(21)9-6-10(18(22)23)12(11(7-9)19(24)25)14-16-15-13(26-14)8-4-2-1-3-5-8/h1-7H. The molecule has 0 aliphatic rings. The van der Waals surface area contributed by atoms with Crippen LogP contribution < -0.4 is 0 Å². The van der Waals surface area contributed by atoms with E-state index in [1.807, 2.05) is 0 Å². The van der Waals surface area contributed by atoms with Crippen LogP contribution in [0.5, 0.6) is 0 Å². The van der Waals surface area contributed by atoms with Gasteiger partial charge in [-0.25, -0.2) is 0 Å². The van der Waals surface area contributed by atoms with E-state index in [1.54, 1.807) is 30.3 Å². The predicted octanol–water partition coefficient (Wildman–Crippen LogP) is 3.13. The van der Waals surface area contributed by atoms with Crippen molar-refractivity contribution in [2.24, 2.45) is 0 Å². The number of benzene rings is 2. The quantitative estimate of drug-likeness (QED) is 0.491. The molecular weight excluding hydrogens is 350 g/mol. The maximum Gasteiger partial charge on any atom is 0.296 e. The second kappa shape index (κ2) is 6.35. The van der Waals surface area contributed by atoms with Gasteiger partial charge in [-0.3, -0.25) is 30.3 Å². The largest absolute Gasteiger partial charge is 0.416 e. The SMILES string of the molecule is O=[N+]([O-])c1cc([N+](=O)[O-])c(-c2nnc(-c3ccccc3)o2)c([N+](=O)[O-])c1. The van der Waals surface area contributed by atoms with Gasteiger partial charge in [0.15, 0.2) is 5.56 Å². The van der Waals surface area contributed by atoms with Gasteiger partial charge in [0.05, 0.1) is 26.9 Å². The summed E-state index contributed by atoms with van der Waals surface area (Å²) >= 11 is 0. The molecule has 12 heteroatoms. The average molecular weight is 357 g/mol. The zero-order chi connectivity index (χ0) is 18.8. The summed E-state index contributed by atoms with van der Waals surface area (Å²) in [7, 11) is 0. The molecular formula is C14H7N5O7. The molecule has 1 heterocycles. The van der Waals surface area contributed by atoms with Gasteiger partial charge in [-0.2, -0.15) is 0 Å². The van der Waals surface area contributed by atoms with Gasteiger partial charge in [0.2, 0.25) is 5.89 Å². The van der Waals surface area contributed by atoms with E-state index < -0.39 is 43.3 Å². The first-order chi connectivity index (χ1) is 12.4. The lowest BCUT2D eigenvalue weighted by atomic mass is 10.1. The Kier molecular flexibility index (Phi) is 4.06. The number of aromatic nitrogens is 2. The molecule has 0 saturated carbocycles. The fourth-order valence-corrected chi connectivity index (χ4v) is 2.23. The molecule has 0 aliphatic heterocycles. The van der Waals surface area contributed by atoms with Crippen LogP contribution in [0.4, 0.5) is 17.1 Å². The zero-order valence-corrected chi connectivity index (χ0v) is 12.6. The summed E-state index contributed by atoms with van der Waals surface area (Å²) in [5.41, 5.74) is -2.66. The van der Waals surface area contributed by atoms with Gasteiger partial charge < -0.3 is 4.42 Å². The number of hydrogen-bond donors (Lipinski definition) is 0. The lowest BCUT2D eigenvalue weighted by Gasteiger charge is -2.01. The summed E-state index contributed by atoms with van der Waals surface area (Å²) in [6.07, 6.45) is 0. The van der Waals surface area contributed by atoms with Crippen molar-refractivity contribution in [3.63, 3.8) is 0 Å². The molecule has 0 spiro atoms. The van der Waals surface area contributed by atoms with Crippen LogP contribution in [0.1, 0.15) is 0 Å². The second-order valence-electron chi connectivity index (χ2n) is 4.91. The van der Waals surface area contributed by atoms with E-state index in [0.29, 0.717) is 17.7 Å². The van der Waals surface area contributed by atoms with Gasteiger partial charge in [-0.1, -0.05) is 18.2 Å². The average Bonchev–Trinajstić information content (AvgIpc) is 3.10. The molecule has 130 valence electrons. The van der Waals surface area contributed by atoms with Crippen molar-refractivity contribution in [1.82, 2.24) is 10.2 Å². The van der Waals surface area contributed by atoms with Crippen molar-refractivity contribution >= 4 is 17.1 Å². The maximum absolute atomic E-state index is 11.3. The molecule has 26 heavy (non-hydrogen) atoms. The second-order valence-corrected chi connectivity index (χ2v) is 4.91. The molecule has 2 aromatic carbocycles. The summed E-state index contributed by atoms with van der Waals surface area (Å²) < 4.78 is 5.34. The van der Waals surface area contributed by atoms with Gasteiger partial charge in [0, 0.05) is 5.56 Å². The van der Waals surface area contributed by atoms with Crippen LogP contribution in [0.15, 0.2) is 46.9 Å². The monoisotopic (exact) mass is 357 g/mol. The van der Waals surface area contributed by atoms with E-state index in [1.165, 1.54) is 0 Å². The van der Waals surface area contributed by atoms with Crippen LogP contribution in [-0.4, -0.2) is 25.0 Å². The third kappa shape index (κ3) is 2.93. The molecule has 3 aromatic rings. The minimum absolute atomic E-state index is 0.0115. The van der Waals surface area contributed by atoms with Crippen molar-refractivity contribution in [2.75, 3.05) is 0 Å². The first-order valence-corrected chi connectivity index (χ1v) is 6.89. The molecule has 0 unspecified atom stereocenters. The third-order valence-electron chi connectivity index (χ3n) is 3.35. The number of hydrogen-bond acceptors (Lipinski definition) is 9. The van der Waals surface area contributed by atoms with Crippen molar-refractivity contribution in [3.05, 3.63) is 72.8 Å². The van der Waals surface area contributed by atoms with Crippen molar-refractivity contribution < 1.29 is 19.2 Å². The molecule has 3 rings (SSSR count). The van der Waals surface area contributed by atoms with Crippen molar-refractivity contribution in [3.8, 4) is 22.9 Å². The van der Waals surface area contributed by atoms with Gasteiger partial charge in [-0.05, 0) is 12.1 Å². The summed E-state index contributed by atoms with van der Waals surface area (Å²) in [6, 6.07) is 9.61. The molecule has 0 fully saturated rings. The summed E-state index contributed by atoms with van der Waals surface area (Å²) in [6.45, 7) is 0. The van der Waals surface area contributed by atoms with Gasteiger partial charge in [0.1, 0.15) is 0 Å². The van der Waals surface area contributed by atoms with Crippen LogP contribution in [0.3, 0.4) is 0 Å². The van der Waals surface area contributed by atoms with Gasteiger partial charge >= 0.3 is 0 Å². The van der Waals surface area contributed by atoms with Crippen molar-refractivity contribution in [1.29, 1.82) is 0 Å². The molecule has 0 N–H and O–H groups in total. The lowest BCUT2D eigenvalue weighted by Crippen LogP contribution is -2.00. The van der Waals surface area contributed by atoms with Gasteiger partial charge in [-0.15, -0.1) is 10.2 Å². The Morgan fingerprint density at radius 2 is 1.31 bits per heavy atom. The van der Waals surface area contributed by atoms with Gasteiger partial charge in [0.25, 0.3) is 23.0 Å². The molecule has 1 aromatic heterocycles. The highest BCUT2D eigenvalue weighted by Crippen LogP contribution is 2.41. The van der Waals surface area contributed by atoms with Crippen LogP contribution in [-0.2, 0) is 0 Å². The molecule has 0 aliphatic carbocycles. The predicted molar refractivity (Wildman–Crippen MR) is 85.1 cm³/mol. The Hall–Kier alpha value is -4.22. The van der Waals surface area contributed by atoms with E-state index in [0.717, 1.165) is 0 Å². The number of rotatable bonds is 5. The summed E-state index contributed by atoms with van der Waals surface area (Å²) in [5, 5.41) is 40.8. The Bertz CT molecular complexity index is 996. The highest BCUT2D eigenvalue weighted by atomic mass is 16.6. The first-order valence-electron chi connectivity index (χ1n) is 6.89. The minimum Gasteiger partial charge on any atom is -0.416 e. The fraction of sp³-hybridized carbons (Fsp3) is 0. The lowest BCUT2D eigenvalue weighted by molar-refractivity contribution is -0.402. The number of nitro benzene ring substituents is 3. The Morgan fingerprint density at radius 1 is 0.769 bits per heavy atom. The smallest absolute Gasteiger partial charge is 0.296 e. The minimum atomic E-state index is -0.984. The molecule has 0 atom stereocenters. The Balaban J connectivity index is 2.24. The van der Waals surface area contributed by atoms with Crippen molar-refractivity contribution in [2.45, 2.75) is 0 Å². The molecule has 0 bridgehead atoms. The normalized spacial score (nSPS) is 10.5. The Morgan fingerprint density at radius 3 is 1.81 bits per heavy atom. The third-order valence-corrected chi connectivity index (χ3v) is 3.35. The van der Waals surface area contributed by atoms with Crippen LogP contribution in [0.25, 0.3) is 22.9 Å². The highest BCUT2D eigenvalue weighted by Gasteiger charge is 2.34. The first kappa shape index (κ1) is 16.6. The summed E-state index contributed by atoms with van der Waals surface area (Å²) in [5.74, 6) is -0.500. The van der Waals surface area contributed by atoms with E-state index in [2.05, 4.69) is 10.2 Å². The van der Waals surface area contributed by atoms with Crippen LogP contribution >= 0.6 is 0 Å². The van der Waals surface area contributed by atoms with Crippen LogP contribution in [0.2, 0.25) is 0 Å². The van der Waals surface area contributed by atoms with E-state index >= 15 is 0 Å². The number of nitro groups is 3. The fourth-order valence-electron chi connectivity index (χ4n) is 2.23. The number of non-ortho nitro benzene ring substituents is 1. The van der Waals surface area contributed by atoms with E-state index in [-0.39, 0.29) is 5.89 Å². The zero-order valence-electron chi connectivity index (χ0n) is 12.6. The molecule has 0 amide bonds. The highest BCUT2D eigenvalue weighted by molar-refractivity contribution is 5.80. The molecule has 0 saturated heterocycles. The Labute approximate surface area is 143 Å². The summed E-state index contributed by atoms with van der Waals surface area (Å²) in [4.78, 5) is 30.5. The maximum atomic E-state index is 11.3. The molecule has 12 nitrogen and oxygen atoms in total. The molecule has 0 radical (unpaired) electrons. The van der Waals surface area contributed by atoms with Crippen LogP contribution in [0, 0.1) is 30.3 Å².